The summed E-state index contributed by atoms with van der Waals surface area (Å²) in [5.41, 5.74) is 2.03. The molecule has 1 unspecified atom stereocenters. The second-order valence-corrected chi connectivity index (χ2v) is 6.46. The largest absolute Gasteiger partial charge is 0.370 e. The fourth-order valence-corrected chi connectivity index (χ4v) is 3.05. The molecular weight excluding hydrogens is 310 g/mol. The quantitative estimate of drug-likeness (QED) is 0.845. The van der Waals surface area contributed by atoms with E-state index in [-0.39, 0.29) is 16.8 Å². The number of rotatable bonds is 7. The van der Waals surface area contributed by atoms with Gasteiger partial charge in [0.25, 0.3) is 0 Å². The number of benzene rings is 1. The maximum Gasteiger partial charge on any atom is 0.307 e. The van der Waals surface area contributed by atoms with Crippen LogP contribution < -0.4 is 15.1 Å². The van der Waals surface area contributed by atoms with Gasteiger partial charge in [-0.05, 0) is 26.0 Å². The Morgan fingerprint density at radius 1 is 1.35 bits per heavy atom. The third-order valence-corrected chi connectivity index (χ3v) is 4.84. The predicted octanol–water partition coefficient (Wildman–Crippen LogP) is 2.25. The van der Waals surface area contributed by atoms with Gasteiger partial charge in [0.1, 0.15) is 0 Å². The number of carbonyl (C=O) groups is 1. The average molecular weight is 333 g/mol. The summed E-state index contributed by atoms with van der Waals surface area (Å²) in [6, 6.07) is 10.3. The summed E-state index contributed by atoms with van der Waals surface area (Å²) in [4.78, 5) is 25.7. The van der Waals surface area contributed by atoms with E-state index in [1.54, 1.807) is 4.57 Å². The molecule has 124 valence electrons. The van der Waals surface area contributed by atoms with Crippen LogP contribution in [0, 0.1) is 6.92 Å². The summed E-state index contributed by atoms with van der Waals surface area (Å²) in [5.74, 6) is -0.0317. The Balaban J connectivity index is 1.79. The van der Waals surface area contributed by atoms with Crippen molar-refractivity contribution in [1.82, 2.24) is 9.88 Å². The van der Waals surface area contributed by atoms with E-state index >= 15 is 0 Å². The van der Waals surface area contributed by atoms with Crippen molar-refractivity contribution in [3.05, 3.63) is 51.1 Å². The summed E-state index contributed by atoms with van der Waals surface area (Å²) in [7, 11) is 2.01. The number of hydrogen-bond donors (Lipinski definition) is 1. The Hall–Kier alpha value is -2.08. The van der Waals surface area contributed by atoms with E-state index < -0.39 is 0 Å². The third-order valence-electron chi connectivity index (χ3n) is 3.96. The van der Waals surface area contributed by atoms with Crippen molar-refractivity contribution >= 4 is 22.9 Å². The van der Waals surface area contributed by atoms with Gasteiger partial charge in [0.2, 0.25) is 5.91 Å². The Labute approximate surface area is 140 Å². The van der Waals surface area contributed by atoms with Crippen molar-refractivity contribution in [2.24, 2.45) is 0 Å². The van der Waals surface area contributed by atoms with Crippen LogP contribution >= 0.6 is 11.3 Å². The van der Waals surface area contributed by atoms with E-state index in [1.165, 1.54) is 11.3 Å². The van der Waals surface area contributed by atoms with Crippen LogP contribution in [0.3, 0.4) is 0 Å². The van der Waals surface area contributed by atoms with Crippen molar-refractivity contribution < 1.29 is 4.79 Å². The standard InChI is InChI=1S/C17H23N3O2S/c1-13(19(3)15-7-5-4-6-8-15)11-18-16(21)9-10-20-14(2)12-23-17(20)22/h4-8,12-13H,9-11H2,1-3H3,(H,18,21). The molecule has 0 aliphatic rings. The lowest BCUT2D eigenvalue weighted by molar-refractivity contribution is -0.121. The van der Waals surface area contributed by atoms with Gasteiger partial charge in [-0.1, -0.05) is 29.5 Å². The van der Waals surface area contributed by atoms with Crippen LogP contribution in [0.5, 0.6) is 0 Å². The number of carbonyl (C=O) groups excluding carboxylic acids is 1. The Morgan fingerprint density at radius 2 is 2.04 bits per heavy atom. The number of nitrogens with zero attached hydrogens (tertiary/aromatic N) is 2. The van der Waals surface area contributed by atoms with Gasteiger partial charge in [0.15, 0.2) is 0 Å². The highest BCUT2D eigenvalue weighted by Gasteiger charge is 2.12. The van der Waals surface area contributed by atoms with Gasteiger partial charge in [-0.3, -0.25) is 9.59 Å². The van der Waals surface area contributed by atoms with Crippen molar-refractivity contribution in [2.45, 2.75) is 32.9 Å². The molecule has 5 nitrogen and oxygen atoms in total. The summed E-state index contributed by atoms with van der Waals surface area (Å²) in [6.45, 7) is 4.96. The molecule has 2 rings (SSSR count). The second kappa shape index (κ2) is 7.97. The van der Waals surface area contributed by atoms with Gasteiger partial charge in [0.05, 0.1) is 0 Å². The van der Waals surface area contributed by atoms with Crippen LogP contribution in [-0.4, -0.2) is 30.1 Å². The highest BCUT2D eigenvalue weighted by Crippen LogP contribution is 2.13. The Bertz CT molecular complexity index is 693. The molecule has 23 heavy (non-hydrogen) atoms. The lowest BCUT2D eigenvalue weighted by atomic mass is 10.2. The first-order valence-electron chi connectivity index (χ1n) is 7.68. The van der Waals surface area contributed by atoms with E-state index in [4.69, 9.17) is 0 Å². The molecule has 0 aliphatic carbocycles. The zero-order chi connectivity index (χ0) is 16.8. The number of thiazole rings is 1. The van der Waals surface area contributed by atoms with E-state index in [0.29, 0.717) is 19.5 Å². The number of amides is 1. The minimum absolute atomic E-state index is 0.00696. The maximum atomic E-state index is 12.0. The van der Waals surface area contributed by atoms with Crippen LogP contribution in [-0.2, 0) is 11.3 Å². The van der Waals surface area contributed by atoms with Crippen LogP contribution in [0.1, 0.15) is 19.0 Å². The first-order valence-corrected chi connectivity index (χ1v) is 8.56. The fraction of sp³-hybridized carbons (Fsp3) is 0.412. The molecule has 0 bridgehead atoms. The monoisotopic (exact) mass is 333 g/mol. The number of aromatic nitrogens is 1. The number of likely N-dealkylation sites (N-methyl/N-ethyl adjacent to an activating group) is 1. The molecule has 0 radical (unpaired) electrons. The maximum absolute atomic E-state index is 12.0. The van der Waals surface area contributed by atoms with Gasteiger partial charge < -0.3 is 14.8 Å². The third kappa shape index (κ3) is 4.69. The van der Waals surface area contributed by atoms with E-state index in [0.717, 1.165) is 11.4 Å². The highest BCUT2D eigenvalue weighted by atomic mass is 32.1. The number of aryl methyl sites for hydroxylation is 1. The molecule has 0 saturated carbocycles. The summed E-state index contributed by atoms with van der Waals surface area (Å²) < 4.78 is 1.64. The van der Waals surface area contributed by atoms with Crippen molar-refractivity contribution in [3.8, 4) is 0 Å². The normalized spacial score (nSPS) is 12.0. The fourth-order valence-electron chi connectivity index (χ4n) is 2.29. The topological polar surface area (TPSA) is 54.3 Å². The predicted molar refractivity (Wildman–Crippen MR) is 95.2 cm³/mol. The lowest BCUT2D eigenvalue weighted by Crippen LogP contribution is -2.40. The van der Waals surface area contributed by atoms with E-state index in [1.807, 2.05) is 49.7 Å². The van der Waals surface area contributed by atoms with Gasteiger partial charge in [-0.15, -0.1) is 0 Å². The average Bonchev–Trinajstić information content (AvgIpc) is 2.89. The zero-order valence-electron chi connectivity index (χ0n) is 13.8. The van der Waals surface area contributed by atoms with Gasteiger partial charge in [-0.2, -0.15) is 0 Å². The smallest absolute Gasteiger partial charge is 0.307 e. The molecule has 1 amide bonds. The van der Waals surface area contributed by atoms with Gasteiger partial charge in [0, 0.05) is 49.4 Å². The Morgan fingerprint density at radius 3 is 2.65 bits per heavy atom. The Kier molecular flexibility index (Phi) is 5.98. The van der Waals surface area contributed by atoms with Crippen LogP contribution in [0.4, 0.5) is 5.69 Å². The van der Waals surface area contributed by atoms with Crippen LogP contribution in [0.25, 0.3) is 0 Å². The first kappa shape index (κ1) is 17.3. The van der Waals surface area contributed by atoms with Gasteiger partial charge in [-0.25, -0.2) is 0 Å². The van der Waals surface area contributed by atoms with E-state index in [9.17, 15) is 9.59 Å². The number of nitrogens with one attached hydrogen (secondary N) is 1. The molecule has 0 saturated heterocycles. The number of anilines is 1. The molecule has 1 aromatic heterocycles. The van der Waals surface area contributed by atoms with Crippen LogP contribution in [0.15, 0.2) is 40.5 Å². The molecule has 6 heteroatoms. The molecular formula is C17H23N3O2S. The van der Waals surface area contributed by atoms with Crippen molar-refractivity contribution in [1.29, 1.82) is 0 Å². The summed E-state index contributed by atoms with van der Waals surface area (Å²) in [5, 5.41) is 4.76. The SMILES string of the molecule is Cc1csc(=O)n1CCC(=O)NCC(C)N(C)c1ccccc1. The lowest BCUT2D eigenvalue weighted by Gasteiger charge is -2.27. The highest BCUT2D eigenvalue weighted by molar-refractivity contribution is 7.07. The number of hydrogen-bond acceptors (Lipinski definition) is 4. The van der Waals surface area contributed by atoms with Gasteiger partial charge >= 0.3 is 4.87 Å². The minimum Gasteiger partial charge on any atom is -0.370 e. The number of para-hydroxylation sites is 1. The van der Waals surface area contributed by atoms with E-state index in [2.05, 4.69) is 17.1 Å². The molecule has 1 aromatic carbocycles. The first-order chi connectivity index (χ1) is 11.0. The second-order valence-electron chi connectivity index (χ2n) is 5.64. The molecule has 1 N–H and O–H groups in total. The van der Waals surface area contributed by atoms with Crippen molar-refractivity contribution in [3.63, 3.8) is 0 Å². The molecule has 0 aliphatic heterocycles. The molecule has 2 aromatic rings. The molecule has 1 heterocycles. The molecule has 0 spiro atoms. The minimum atomic E-state index is -0.0317. The van der Waals surface area contributed by atoms with Crippen LogP contribution in [0.2, 0.25) is 0 Å². The molecule has 1 atom stereocenters. The zero-order valence-corrected chi connectivity index (χ0v) is 14.6. The molecule has 0 fully saturated rings. The van der Waals surface area contributed by atoms with Crippen molar-refractivity contribution in [2.75, 3.05) is 18.5 Å². The summed E-state index contributed by atoms with van der Waals surface area (Å²) >= 11 is 1.17. The summed E-state index contributed by atoms with van der Waals surface area (Å²) in [6.07, 6.45) is 0.319.